The van der Waals surface area contributed by atoms with E-state index < -0.39 is 0 Å². The third kappa shape index (κ3) is 0.863. The Morgan fingerprint density at radius 1 is 1.50 bits per heavy atom. The van der Waals surface area contributed by atoms with Crippen LogP contribution >= 0.6 is 0 Å². The molecular weight excluding hydrogens is 182 g/mol. The number of imidazole rings is 1. The van der Waals surface area contributed by atoms with Gasteiger partial charge in [-0.3, -0.25) is 0 Å². The van der Waals surface area contributed by atoms with Gasteiger partial charge in [-0.05, 0) is 12.5 Å². The predicted octanol–water partition coefficient (Wildman–Crippen LogP) is -0.765. The first-order chi connectivity index (χ1) is 6.86. The number of nitrogens with zero attached hydrogens (tertiary/aromatic N) is 2. The molecule has 5 heteroatoms. The summed E-state index contributed by atoms with van der Waals surface area (Å²) >= 11 is 0. The summed E-state index contributed by atoms with van der Waals surface area (Å²) in [5.74, 6) is 0.0691. The summed E-state index contributed by atoms with van der Waals surface area (Å²) in [4.78, 5) is 4.29. The molecule has 0 aliphatic carbocycles. The molecule has 0 atom stereocenters. The van der Waals surface area contributed by atoms with Gasteiger partial charge in [-0.15, -0.1) is 0 Å². The van der Waals surface area contributed by atoms with E-state index in [0.29, 0.717) is 5.69 Å². The van der Waals surface area contributed by atoms with Crippen molar-refractivity contribution in [1.29, 1.82) is 0 Å². The van der Waals surface area contributed by atoms with Gasteiger partial charge in [0, 0.05) is 6.54 Å². The topological polar surface area (TPSA) is 59.3 Å². The van der Waals surface area contributed by atoms with Crippen LogP contribution in [0, 0.1) is 0 Å². The Bertz CT molecular complexity index is 527. The summed E-state index contributed by atoms with van der Waals surface area (Å²) in [5, 5.41) is 10.3. The van der Waals surface area contributed by atoms with E-state index in [9.17, 15) is 5.11 Å². The van der Waals surface area contributed by atoms with Crippen LogP contribution in [0.3, 0.4) is 0 Å². The molecular formula is C9H9N3O2. The number of nitrogens with one attached hydrogen (secondary N) is 1. The van der Waals surface area contributed by atoms with E-state index in [1.807, 2.05) is 10.8 Å². The maximum absolute atomic E-state index is 9.51. The van der Waals surface area contributed by atoms with Crippen LogP contribution in [0.15, 0.2) is 6.26 Å². The SMILES string of the molecule is OC1=COC=c2c1nc1n2NCCC=1. The van der Waals surface area contributed by atoms with Crippen LogP contribution < -0.4 is 16.3 Å². The molecule has 0 aromatic carbocycles. The van der Waals surface area contributed by atoms with Crippen LogP contribution in [0.1, 0.15) is 12.1 Å². The lowest BCUT2D eigenvalue weighted by molar-refractivity contribution is 0.413. The van der Waals surface area contributed by atoms with Gasteiger partial charge in [0.15, 0.2) is 5.76 Å². The number of aliphatic hydroxyl groups is 1. The molecule has 0 radical (unpaired) electrons. The molecule has 0 saturated carbocycles. The van der Waals surface area contributed by atoms with Crippen LogP contribution in [-0.2, 0) is 4.74 Å². The van der Waals surface area contributed by atoms with Gasteiger partial charge in [0.25, 0.3) is 0 Å². The molecule has 0 unspecified atom stereocenters. The van der Waals surface area contributed by atoms with Crippen molar-refractivity contribution in [2.75, 3.05) is 12.0 Å². The number of fused-ring (bicyclic) bond motifs is 3. The van der Waals surface area contributed by atoms with Crippen LogP contribution in [0.2, 0.25) is 0 Å². The smallest absolute Gasteiger partial charge is 0.179 e. The second-order valence-corrected chi connectivity index (χ2v) is 3.20. The molecule has 0 amide bonds. The predicted molar refractivity (Wildman–Crippen MR) is 50.9 cm³/mol. The van der Waals surface area contributed by atoms with Gasteiger partial charge in [-0.1, -0.05) is 0 Å². The summed E-state index contributed by atoms with van der Waals surface area (Å²) in [5.41, 5.74) is 4.55. The summed E-state index contributed by atoms with van der Waals surface area (Å²) in [7, 11) is 0. The fourth-order valence-corrected chi connectivity index (χ4v) is 1.65. The van der Waals surface area contributed by atoms with Crippen molar-refractivity contribution in [3.8, 4) is 0 Å². The van der Waals surface area contributed by atoms with E-state index in [2.05, 4.69) is 10.4 Å². The number of hydrogen-bond donors (Lipinski definition) is 2. The zero-order chi connectivity index (χ0) is 9.54. The zero-order valence-corrected chi connectivity index (χ0v) is 7.40. The summed E-state index contributed by atoms with van der Waals surface area (Å²) in [6, 6.07) is 0. The molecule has 0 bridgehead atoms. The first-order valence-corrected chi connectivity index (χ1v) is 4.44. The second kappa shape index (κ2) is 2.54. The van der Waals surface area contributed by atoms with Crippen molar-refractivity contribution in [2.24, 2.45) is 0 Å². The highest BCUT2D eigenvalue weighted by Crippen LogP contribution is 2.06. The Morgan fingerprint density at radius 3 is 3.36 bits per heavy atom. The molecule has 1 aromatic rings. The van der Waals surface area contributed by atoms with Crippen molar-refractivity contribution in [2.45, 2.75) is 6.42 Å². The van der Waals surface area contributed by atoms with Gasteiger partial charge < -0.3 is 15.3 Å². The Kier molecular flexibility index (Phi) is 1.36. The standard InChI is InChI=1S/C9H9N3O2/c13-7-5-14-4-6-9(7)11-8-2-1-3-10-12(6)8/h2,4-5,10,13H,1,3H2. The minimum Gasteiger partial charge on any atom is -0.503 e. The van der Waals surface area contributed by atoms with Crippen LogP contribution in [0.25, 0.3) is 18.1 Å². The number of rotatable bonds is 0. The van der Waals surface area contributed by atoms with Crippen LogP contribution in [0.5, 0.6) is 0 Å². The number of aromatic nitrogens is 2. The molecule has 2 aliphatic heterocycles. The van der Waals surface area contributed by atoms with Crippen molar-refractivity contribution in [3.63, 3.8) is 0 Å². The minimum atomic E-state index is 0.0691. The Hall–Kier alpha value is -1.91. The van der Waals surface area contributed by atoms with Crippen LogP contribution in [0.4, 0.5) is 0 Å². The van der Waals surface area contributed by atoms with E-state index in [1.54, 1.807) is 6.26 Å². The van der Waals surface area contributed by atoms with Crippen molar-refractivity contribution < 1.29 is 9.84 Å². The van der Waals surface area contributed by atoms with Gasteiger partial charge >= 0.3 is 0 Å². The Morgan fingerprint density at radius 2 is 2.43 bits per heavy atom. The van der Waals surface area contributed by atoms with Gasteiger partial charge in [-0.25, -0.2) is 9.66 Å². The Labute approximate surface area is 79.6 Å². The maximum atomic E-state index is 9.51. The highest BCUT2D eigenvalue weighted by atomic mass is 16.5. The van der Waals surface area contributed by atoms with E-state index in [-0.39, 0.29) is 5.76 Å². The average molecular weight is 191 g/mol. The molecule has 3 heterocycles. The monoisotopic (exact) mass is 191 g/mol. The van der Waals surface area contributed by atoms with E-state index in [1.165, 1.54) is 6.26 Å². The fraction of sp³-hybridized carbons (Fsp3) is 0.222. The molecule has 0 spiro atoms. The van der Waals surface area contributed by atoms with Gasteiger partial charge in [0.2, 0.25) is 0 Å². The largest absolute Gasteiger partial charge is 0.503 e. The Balaban J connectivity index is 2.38. The summed E-state index contributed by atoms with van der Waals surface area (Å²) in [6.07, 6.45) is 5.82. The first kappa shape index (κ1) is 7.49. The number of hydrogen-bond acceptors (Lipinski definition) is 4. The molecule has 0 fully saturated rings. The van der Waals surface area contributed by atoms with Gasteiger partial charge in [0.05, 0.1) is 0 Å². The van der Waals surface area contributed by atoms with E-state index >= 15 is 0 Å². The first-order valence-electron chi connectivity index (χ1n) is 4.44. The highest BCUT2D eigenvalue weighted by Gasteiger charge is 2.15. The molecule has 72 valence electrons. The number of aliphatic hydroxyl groups excluding tert-OH is 1. The maximum Gasteiger partial charge on any atom is 0.179 e. The molecule has 0 saturated heterocycles. The van der Waals surface area contributed by atoms with Crippen LogP contribution in [-0.4, -0.2) is 21.3 Å². The lowest BCUT2D eigenvalue weighted by Gasteiger charge is -2.11. The molecule has 2 aliphatic rings. The molecule has 3 rings (SSSR count). The van der Waals surface area contributed by atoms with Crippen molar-refractivity contribution in [1.82, 2.24) is 9.66 Å². The zero-order valence-electron chi connectivity index (χ0n) is 7.40. The summed E-state index contributed by atoms with van der Waals surface area (Å²) < 4.78 is 6.80. The highest BCUT2D eigenvalue weighted by molar-refractivity contribution is 5.57. The minimum absolute atomic E-state index is 0.0691. The molecule has 5 nitrogen and oxygen atoms in total. The lowest BCUT2D eigenvalue weighted by atomic mass is 10.3. The number of ether oxygens (including phenoxy) is 1. The normalized spacial score (nSPS) is 17.6. The fourth-order valence-electron chi connectivity index (χ4n) is 1.65. The van der Waals surface area contributed by atoms with E-state index in [0.717, 1.165) is 23.8 Å². The molecule has 14 heavy (non-hydrogen) atoms. The average Bonchev–Trinajstić information content (AvgIpc) is 2.59. The van der Waals surface area contributed by atoms with Crippen molar-refractivity contribution >= 4 is 18.1 Å². The quantitative estimate of drug-likeness (QED) is 0.565. The summed E-state index contributed by atoms with van der Waals surface area (Å²) in [6.45, 7) is 0.869. The molecule has 1 aromatic heterocycles. The second-order valence-electron chi connectivity index (χ2n) is 3.20. The third-order valence-corrected chi connectivity index (χ3v) is 2.28. The molecule has 2 N–H and O–H groups in total. The lowest BCUT2D eigenvalue weighted by Crippen LogP contribution is -2.39. The van der Waals surface area contributed by atoms with Gasteiger partial charge in [0.1, 0.15) is 29.0 Å². The third-order valence-electron chi connectivity index (χ3n) is 2.28. The van der Waals surface area contributed by atoms with Crippen molar-refractivity contribution in [3.05, 3.63) is 22.8 Å². The van der Waals surface area contributed by atoms with E-state index in [4.69, 9.17) is 4.74 Å². The van der Waals surface area contributed by atoms with Gasteiger partial charge in [-0.2, -0.15) is 0 Å².